The van der Waals surface area contributed by atoms with Gasteiger partial charge in [-0.1, -0.05) is 90.3 Å². The van der Waals surface area contributed by atoms with Gasteiger partial charge < -0.3 is 0 Å². The van der Waals surface area contributed by atoms with E-state index in [-0.39, 0.29) is 23.8 Å². The molecule has 0 aliphatic heterocycles. The molecule has 0 saturated heterocycles. The summed E-state index contributed by atoms with van der Waals surface area (Å²) in [6.07, 6.45) is 5.14. The zero-order valence-corrected chi connectivity index (χ0v) is 22.0. The second-order valence-corrected chi connectivity index (χ2v) is 10.4. The summed E-state index contributed by atoms with van der Waals surface area (Å²) < 4.78 is 2.52. The van der Waals surface area contributed by atoms with E-state index in [4.69, 9.17) is 0 Å². The van der Waals surface area contributed by atoms with Crippen molar-refractivity contribution in [3.05, 3.63) is 127 Å². The molecular weight excluding hydrogens is 612 g/mol. The van der Waals surface area contributed by atoms with Crippen LogP contribution in [0.1, 0.15) is 37.5 Å². The number of Topliss-reactive ketones (excluding diaryl/α,β-unsaturated/α-hetero) is 3. The molecule has 0 unspecified atom stereocenters. The molecule has 0 heterocycles. The molecule has 6 heteroatoms. The zero-order chi connectivity index (χ0) is 23.6. The summed E-state index contributed by atoms with van der Waals surface area (Å²) in [4.78, 5) is 40.9. The van der Waals surface area contributed by atoms with Gasteiger partial charge in [0.05, 0.1) is 0 Å². The highest BCUT2D eigenvalue weighted by atomic mass is 79.9. The molecule has 3 aromatic rings. The van der Waals surface area contributed by atoms with Crippen molar-refractivity contribution < 1.29 is 14.4 Å². The van der Waals surface area contributed by atoms with E-state index in [1.807, 2.05) is 0 Å². The summed E-state index contributed by atoms with van der Waals surface area (Å²) >= 11 is 10.1. The first-order valence-electron chi connectivity index (χ1n) is 10.1. The van der Waals surface area contributed by atoms with E-state index >= 15 is 0 Å². The Hall–Kier alpha value is -2.41. The van der Waals surface area contributed by atoms with Crippen LogP contribution in [0.4, 0.5) is 0 Å². The first kappa shape index (κ1) is 23.7. The maximum atomic E-state index is 13.8. The summed E-state index contributed by atoms with van der Waals surface area (Å²) in [6.45, 7) is 0. The number of carbonyl (C=O) groups is 3. The molecular formula is C27H17Br3O3. The van der Waals surface area contributed by atoms with E-state index in [2.05, 4.69) is 47.8 Å². The predicted molar refractivity (Wildman–Crippen MR) is 140 cm³/mol. The lowest BCUT2D eigenvalue weighted by atomic mass is 9.68. The molecule has 0 amide bonds. The number of benzene rings is 3. The maximum Gasteiger partial charge on any atom is 0.192 e. The van der Waals surface area contributed by atoms with Crippen LogP contribution >= 0.6 is 47.8 Å². The fraction of sp³-hybridized carbons (Fsp3) is 0.0741. The predicted octanol–water partition coefficient (Wildman–Crippen LogP) is 7.80. The summed E-state index contributed by atoms with van der Waals surface area (Å²) in [6, 6.07) is 20.8. The molecule has 0 fully saturated rings. The van der Waals surface area contributed by atoms with E-state index in [1.54, 1.807) is 91.0 Å². The molecule has 0 saturated carbocycles. The molecule has 3 nitrogen and oxygen atoms in total. The first-order chi connectivity index (χ1) is 15.8. The minimum Gasteiger partial charge on any atom is -0.293 e. The lowest BCUT2D eigenvalue weighted by Gasteiger charge is -2.30. The molecule has 0 atom stereocenters. The van der Waals surface area contributed by atoms with Crippen LogP contribution in [0.25, 0.3) is 0 Å². The molecule has 0 bridgehead atoms. The first-order valence-corrected chi connectivity index (χ1v) is 12.5. The van der Waals surface area contributed by atoms with Gasteiger partial charge in [0.15, 0.2) is 17.3 Å². The molecule has 0 N–H and O–H groups in total. The van der Waals surface area contributed by atoms with Crippen molar-refractivity contribution in [1.29, 1.82) is 0 Å². The van der Waals surface area contributed by atoms with Crippen LogP contribution in [0.3, 0.4) is 0 Å². The third kappa shape index (κ3) is 4.93. The molecule has 1 aliphatic carbocycles. The number of ketones is 3. The SMILES string of the molecule is O=C(C1=CC(C(=O)c2ccc(Br)cc2)(C(=O)c2ccc(Br)cc2)CC=C1)c1ccc(Br)cc1. The molecule has 4 rings (SSSR count). The topological polar surface area (TPSA) is 51.2 Å². The maximum absolute atomic E-state index is 13.8. The van der Waals surface area contributed by atoms with Gasteiger partial charge in [-0.15, -0.1) is 0 Å². The van der Waals surface area contributed by atoms with Crippen LogP contribution in [-0.2, 0) is 0 Å². The summed E-state index contributed by atoms with van der Waals surface area (Å²) in [5.74, 6) is -0.920. The van der Waals surface area contributed by atoms with Crippen LogP contribution in [-0.4, -0.2) is 17.3 Å². The Morgan fingerprint density at radius 2 is 1.00 bits per heavy atom. The Labute approximate surface area is 217 Å². The van der Waals surface area contributed by atoms with Gasteiger partial charge in [0.2, 0.25) is 0 Å². The highest BCUT2D eigenvalue weighted by molar-refractivity contribution is 9.11. The van der Waals surface area contributed by atoms with Crippen LogP contribution in [0.5, 0.6) is 0 Å². The van der Waals surface area contributed by atoms with Crippen LogP contribution in [0.15, 0.2) is 110 Å². The molecule has 3 aromatic carbocycles. The van der Waals surface area contributed by atoms with Crippen molar-refractivity contribution >= 4 is 65.1 Å². The average Bonchev–Trinajstić information content (AvgIpc) is 2.84. The van der Waals surface area contributed by atoms with Gasteiger partial charge >= 0.3 is 0 Å². The number of rotatable bonds is 6. The highest BCUT2D eigenvalue weighted by Crippen LogP contribution is 2.39. The summed E-state index contributed by atoms with van der Waals surface area (Å²) in [7, 11) is 0. The van der Waals surface area contributed by atoms with Crippen LogP contribution < -0.4 is 0 Å². The molecule has 1 aliphatic rings. The van der Waals surface area contributed by atoms with Crippen LogP contribution in [0, 0.1) is 5.41 Å². The van der Waals surface area contributed by atoms with E-state index in [0.717, 1.165) is 13.4 Å². The summed E-state index contributed by atoms with van der Waals surface area (Å²) in [5.41, 5.74) is 0.101. The zero-order valence-electron chi connectivity index (χ0n) is 17.2. The largest absolute Gasteiger partial charge is 0.293 e. The molecule has 0 spiro atoms. The van der Waals surface area contributed by atoms with Gasteiger partial charge in [-0.25, -0.2) is 0 Å². The van der Waals surface area contributed by atoms with Crippen molar-refractivity contribution in [2.24, 2.45) is 5.41 Å². The molecule has 0 aromatic heterocycles. The Bertz CT molecular complexity index is 1230. The Morgan fingerprint density at radius 1 is 0.606 bits per heavy atom. The number of hydrogen-bond acceptors (Lipinski definition) is 3. The number of halogens is 3. The normalized spacial score (nSPS) is 14.5. The van der Waals surface area contributed by atoms with Gasteiger partial charge in [0.25, 0.3) is 0 Å². The van der Waals surface area contributed by atoms with Crippen molar-refractivity contribution in [2.45, 2.75) is 6.42 Å². The highest BCUT2D eigenvalue weighted by Gasteiger charge is 2.45. The second kappa shape index (κ2) is 9.84. The van der Waals surface area contributed by atoms with Crippen molar-refractivity contribution in [3.63, 3.8) is 0 Å². The number of allylic oxidation sites excluding steroid dienone is 4. The molecule has 164 valence electrons. The Balaban J connectivity index is 1.83. The lowest BCUT2D eigenvalue weighted by Crippen LogP contribution is -2.39. The third-order valence-electron chi connectivity index (χ3n) is 5.53. The van der Waals surface area contributed by atoms with Gasteiger partial charge in [0.1, 0.15) is 5.41 Å². The number of carbonyl (C=O) groups excluding carboxylic acids is 3. The van der Waals surface area contributed by atoms with Crippen molar-refractivity contribution in [1.82, 2.24) is 0 Å². The minimum atomic E-state index is -1.52. The van der Waals surface area contributed by atoms with Gasteiger partial charge in [-0.3, -0.25) is 14.4 Å². The Kier molecular flexibility index (Phi) is 7.07. The summed E-state index contributed by atoms with van der Waals surface area (Å²) in [5, 5.41) is 0. The molecule has 0 radical (unpaired) electrons. The van der Waals surface area contributed by atoms with Crippen molar-refractivity contribution in [2.75, 3.05) is 0 Å². The third-order valence-corrected chi connectivity index (χ3v) is 7.12. The second-order valence-electron chi connectivity index (χ2n) is 7.69. The van der Waals surface area contributed by atoms with Crippen LogP contribution in [0.2, 0.25) is 0 Å². The smallest absolute Gasteiger partial charge is 0.192 e. The lowest BCUT2D eigenvalue weighted by molar-refractivity contribution is 0.0726. The molecule has 33 heavy (non-hydrogen) atoms. The van der Waals surface area contributed by atoms with E-state index < -0.39 is 5.41 Å². The quantitative estimate of drug-likeness (QED) is 0.207. The van der Waals surface area contributed by atoms with Gasteiger partial charge in [-0.2, -0.15) is 0 Å². The Morgan fingerprint density at radius 3 is 1.42 bits per heavy atom. The number of hydrogen-bond donors (Lipinski definition) is 0. The monoisotopic (exact) mass is 626 g/mol. The fourth-order valence-corrected chi connectivity index (χ4v) is 4.58. The standard InChI is InChI=1S/C27H17Br3O3/c28-21-9-3-17(4-10-21)24(31)20-2-1-15-27(16-20,25(32)18-5-11-22(29)12-6-18)26(33)19-7-13-23(30)14-8-19/h1-14,16H,15H2. The van der Waals surface area contributed by atoms with Gasteiger partial charge in [0, 0.05) is 35.7 Å². The average molecular weight is 629 g/mol. The minimum absolute atomic E-state index is 0.175. The van der Waals surface area contributed by atoms with Gasteiger partial charge in [-0.05, 0) is 55.0 Å². The fourth-order valence-electron chi connectivity index (χ4n) is 3.79. The van der Waals surface area contributed by atoms with E-state index in [9.17, 15) is 14.4 Å². The van der Waals surface area contributed by atoms with Crippen molar-refractivity contribution in [3.8, 4) is 0 Å². The van der Waals surface area contributed by atoms with E-state index in [1.165, 1.54) is 0 Å². The van der Waals surface area contributed by atoms with E-state index in [0.29, 0.717) is 22.3 Å².